The minimum absolute atomic E-state index is 0.196. The second-order valence-corrected chi connectivity index (χ2v) is 5.39. The first-order chi connectivity index (χ1) is 10.1. The number of rotatable bonds is 2. The van der Waals surface area contributed by atoms with Gasteiger partial charge in [-0.1, -0.05) is 29.8 Å². The maximum Gasteiger partial charge on any atom is 0.322 e. The Hall–Kier alpha value is -2.07. The first kappa shape index (κ1) is 13.9. The van der Waals surface area contributed by atoms with Crippen LogP contribution in [0.2, 0.25) is 5.02 Å². The molecule has 108 valence electrons. The van der Waals surface area contributed by atoms with Gasteiger partial charge < -0.3 is 10.2 Å². The molecule has 2 aromatic rings. The number of nitrogens with one attached hydrogen (secondary N) is 1. The van der Waals surface area contributed by atoms with E-state index in [4.69, 9.17) is 11.6 Å². The lowest BCUT2D eigenvalue weighted by Gasteiger charge is -2.41. The summed E-state index contributed by atoms with van der Waals surface area (Å²) in [6, 6.07) is 13.0. The van der Waals surface area contributed by atoms with Crippen LogP contribution in [0.4, 0.5) is 14.9 Å². The molecule has 1 saturated heterocycles. The molecule has 0 bridgehead atoms. The van der Waals surface area contributed by atoms with E-state index in [1.54, 1.807) is 47.4 Å². The Morgan fingerprint density at radius 2 is 1.90 bits per heavy atom. The van der Waals surface area contributed by atoms with E-state index in [9.17, 15) is 9.18 Å². The second-order valence-electron chi connectivity index (χ2n) is 4.96. The number of nitrogens with zero attached hydrogens (tertiary/aromatic N) is 1. The van der Waals surface area contributed by atoms with Crippen molar-refractivity contribution in [3.8, 4) is 0 Å². The molecule has 0 aliphatic carbocycles. The molecule has 2 aromatic carbocycles. The van der Waals surface area contributed by atoms with Crippen LogP contribution in [0.3, 0.4) is 0 Å². The number of hydrogen-bond acceptors (Lipinski definition) is 1. The van der Waals surface area contributed by atoms with E-state index in [-0.39, 0.29) is 17.9 Å². The summed E-state index contributed by atoms with van der Waals surface area (Å²) < 4.78 is 13.8. The number of hydrogen-bond donors (Lipinski definition) is 1. The van der Waals surface area contributed by atoms with E-state index in [1.807, 2.05) is 0 Å². The minimum atomic E-state index is -0.272. The summed E-state index contributed by atoms with van der Waals surface area (Å²) in [5.74, 6) is -0.272. The van der Waals surface area contributed by atoms with Gasteiger partial charge in [0.1, 0.15) is 5.82 Å². The summed E-state index contributed by atoms with van der Waals surface area (Å²) in [6.45, 7) is 0.623. The average Bonchev–Trinajstić information content (AvgIpc) is 2.42. The van der Waals surface area contributed by atoms with E-state index < -0.39 is 0 Å². The van der Waals surface area contributed by atoms with Crippen LogP contribution in [0.15, 0.2) is 48.5 Å². The Bertz CT molecular complexity index is 660. The second kappa shape index (κ2) is 5.74. The van der Waals surface area contributed by atoms with Crippen molar-refractivity contribution in [3.63, 3.8) is 0 Å². The SMILES string of the molecule is O=C(Nc1ccc(Cl)cc1)N1CCC1c1ccccc1F. The molecule has 1 heterocycles. The maximum atomic E-state index is 13.8. The number of amides is 2. The molecular weight excluding hydrogens is 291 g/mol. The first-order valence-corrected chi connectivity index (χ1v) is 7.10. The monoisotopic (exact) mass is 304 g/mol. The summed E-state index contributed by atoms with van der Waals surface area (Å²) in [5.41, 5.74) is 1.23. The van der Waals surface area contributed by atoms with Gasteiger partial charge >= 0.3 is 6.03 Å². The number of halogens is 2. The van der Waals surface area contributed by atoms with Crippen molar-refractivity contribution in [2.24, 2.45) is 0 Å². The van der Waals surface area contributed by atoms with Gasteiger partial charge in [0.05, 0.1) is 6.04 Å². The Morgan fingerprint density at radius 1 is 1.19 bits per heavy atom. The highest BCUT2D eigenvalue weighted by atomic mass is 35.5. The summed E-state index contributed by atoms with van der Waals surface area (Å²) in [6.07, 6.45) is 0.773. The zero-order valence-corrected chi connectivity index (χ0v) is 12.0. The Morgan fingerprint density at radius 3 is 2.52 bits per heavy atom. The van der Waals surface area contributed by atoms with Crippen LogP contribution in [0.1, 0.15) is 18.0 Å². The predicted octanol–water partition coefficient (Wildman–Crippen LogP) is 4.46. The van der Waals surface area contributed by atoms with Gasteiger partial charge in [0.15, 0.2) is 0 Å². The Balaban J connectivity index is 1.71. The van der Waals surface area contributed by atoms with Gasteiger partial charge in [-0.15, -0.1) is 0 Å². The van der Waals surface area contributed by atoms with Gasteiger partial charge in [0.2, 0.25) is 0 Å². The van der Waals surface area contributed by atoms with Gasteiger partial charge in [-0.3, -0.25) is 0 Å². The lowest BCUT2D eigenvalue weighted by Crippen LogP contribution is -2.47. The van der Waals surface area contributed by atoms with Gasteiger partial charge in [-0.05, 0) is 36.8 Å². The van der Waals surface area contributed by atoms with Crippen molar-refractivity contribution < 1.29 is 9.18 Å². The third kappa shape index (κ3) is 2.85. The van der Waals surface area contributed by atoms with Crippen LogP contribution in [-0.4, -0.2) is 17.5 Å². The standard InChI is InChI=1S/C16H14ClFN2O/c17-11-5-7-12(8-6-11)19-16(21)20-10-9-15(20)13-3-1-2-4-14(13)18/h1-8,15H,9-10H2,(H,19,21). The highest BCUT2D eigenvalue weighted by molar-refractivity contribution is 6.30. The van der Waals surface area contributed by atoms with Gasteiger partial charge in [0.25, 0.3) is 0 Å². The first-order valence-electron chi connectivity index (χ1n) is 6.73. The van der Waals surface area contributed by atoms with E-state index in [0.717, 1.165) is 6.42 Å². The lowest BCUT2D eigenvalue weighted by molar-refractivity contribution is 0.124. The van der Waals surface area contributed by atoms with E-state index in [0.29, 0.717) is 22.8 Å². The van der Waals surface area contributed by atoms with Gasteiger partial charge in [-0.25, -0.2) is 9.18 Å². The molecule has 3 rings (SSSR count). The molecule has 0 spiro atoms. The molecule has 1 aliphatic rings. The van der Waals surface area contributed by atoms with Crippen molar-refractivity contribution in [2.45, 2.75) is 12.5 Å². The van der Waals surface area contributed by atoms with Crippen LogP contribution in [-0.2, 0) is 0 Å². The molecule has 2 amide bonds. The minimum Gasteiger partial charge on any atom is -0.317 e. The largest absolute Gasteiger partial charge is 0.322 e. The molecule has 3 nitrogen and oxygen atoms in total. The quantitative estimate of drug-likeness (QED) is 0.873. The fourth-order valence-corrected chi connectivity index (χ4v) is 2.55. The van der Waals surface area contributed by atoms with E-state index >= 15 is 0 Å². The zero-order chi connectivity index (χ0) is 14.8. The summed E-state index contributed by atoms with van der Waals surface area (Å²) in [4.78, 5) is 13.9. The fourth-order valence-electron chi connectivity index (χ4n) is 2.43. The highest BCUT2D eigenvalue weighted by Crippen LogP contribution is 2.34. The maximum absolute atomic E-state index is 13.8. The van der Waals surface area contributed by atoms with Crippen molar-refractivity contribution in [1.82, 2.24) is 4.90 Å². The van der Waals surface area contributed by atoms with Crippen LogP contribution in [0, 0.1) is 5.82 Å². The third-order valence-corrected chi connectivity index (χ3v) is 3.89. The van der Waals surface area contributed by atoms with Crippen LogP contribution in [0.25, 0.3) is 0 Å². The Kier molecular flexibility index (Phi) is 3.80. The molecule has 0 radical (unpaired) electrons. The van der Waals surface area contributed by atoms with Gasteiger partial charge in [0, 0.05) is 22.8 Å². The zero-order valence-electron chi connectivity index (χ0n) is 11.2. The normalized spacial score (nSPS) is 17.2. The van der Waals surface area contributed by atoms with Crippen LogP contribution < -0.4 is 5.32 Å². The van der Waals surface area contributed by atoms with Crippen molar-refractivity contribution >= 4 is 23.3 Å². The fraction of sp³-hybridized carbons (Fsp3) is 0.188. The predicted molar refractivity (Wildman–Crippen MR) is 80.9 cm³/mol. The molecule has 1 atom stereocenters. The molecular formula is C16H14ClFN2O. The molecule has 0 saturated carbocycles. The van der Waals surface area contributed by atoms with Crippen LogP contribution >= 0.6 is 11.6 Å². The lowest BCUT2D eigenvalue weighted by atomic mass is 9.95. The van der Waals surface area contributed by atoms with Gasteiger partial charge in [-0.2, -0.15) is 0 Å². The van der Waals surface area contributed by atoms with E-state index in [1.165, 1.54) is 6.07 Å². The summed E-state index contributed by atoms with van der Waals surface area (Å²) in [7, 11) is 0. The number of carbonyl (C=O) groups excluding carboxylic acids is 1. The van der Waals surface area contributed by atoms with Crippen molar-refractivity contribution in [2.75, 3.05) is 11.9 Å². The van der Waals surface area contributed by atoms with Crippen LogP contribution in [0.5, 0.6) is 0 Å². The molecule has 1 aliphatic heterocycles. The molecule has 21 heavy (non-hydrogen) atoms. The molecule has 0 aromatic heterocycles. The number of anilines is 1. The van der Waals surface area contributed by atoms with Crippen molar-refractivity contribution in [1.29, 1.82) is 0 Å². The highest BCUT2D eigenvalue weighted by Gasteiger charge is 2.34. The molecule has 5 heteroatoms. The van der Waals surface area contributed by atoms with E-state index in [2.05, 4.69) is 5.32 Å². The number of urea groups is 1. The molecule has 1 fully saturated rings. The number of likely N-dealkylation sites (tertiary alicyclic amines) is 1. The number of carbonyl (C=O) groups is 1. The summed E-state index contributed by atoms with van der Waals surface area (Å²) in [5, 5.41) is 3.41. The molecule has 1 unspecified atom stereocenters. The third-order valence-electron chi connectivity index (χ3n) is 3.64. The smallest absolute Gasteiger partial charge is 0.317 e. The Labute approximate surface area is 127 Å². The van der Waals surface area contributed by atoms with Crippen molar-refractivity contribution in [3.05, 3.63) is 64.9 Å². The average molecular weight is 305 g/mol. The molecule has 1 N–H and O–H groups in total. The topological polar surface area (TPSA) is 32.3 Å². The number of benzene rings is 2. The summed E-state index contributed by atoms with van der Waals surface area (Å²) >= 11 is 5.81.